The van der Waals surface area contributed by atoms with Crippen molar-refractivity contribution in [2.24, 2.45) is 0 Å². The minimum atomic E-state index is -0.100. The summed E-state index contributed by atoms with van der Waals surface area (Å²) < 4.78 is 0. The molecule has 4 rings (SSSR count). The molecule has 1 fully saturated rings. The van der Waals surface area contributed by atoms with E-state index in [2.05, 4.69) is 37.3 Å². The molecule has 27 heavy (non-hydrogen) atoms. The normalized spacial score (nSPS) is 14.9. The Labute approximate surface area is 158 Å². The average Bonchev–Trinajstić information content (AvgIpc) is 3.24. The summed E-state index contributed by atoms with van der Waals surface area (Å²) in [5, 5.41) is 9.68. The van der Waals surface area contributed by atoms with E-state index >= 15 is 0 Å². The molecule has 1 aliphatic rings. The Kier molecular flexibility index (Phi) is 4.84. The van der Waals surface area contributed by atoms with Crippen LogP contribution in [0.4, 0.5) is 11.4 Å². The highest BCUT2D eigenvalue weighted by atomic mass is 16.1. The zero-order chi connectivity index (χ0) is 18.6. The number of carbonyl (C=O) groups is 1. The van der Waals surface area contributed by atoms with Crippen LogP contribution in [0.5, 0.6) is 0 Å². The fourth-order valence-electron chi connectivity index (χ4n) is 3.24. The quantitative estimate of drug-likeness (QED) is 0.746. The second kappa shape index (κ2) is 7.59. The van der Waals surface area contributed by atoms with Gasteiger partial charge in [0, 0.05) is 43.1 Å². The summed E-state index contributed by atoms with van der Waals surface area (Å²) in [7, 11) is 2.12. The summed E-state index contributed by atoms with van der Waals surface area (Å²) in [4.78, 5) is 21.6. The van der Waals surface area contributed by atoms with Crippen LogP contribution in [0, 0.1) is 0 Å². The second-order valence-corrected chi connectivity index (χ2v) is 6.67. The Morgan fingerprint density at radius 2 is 1.78 bits per heavy atom. The van der Waals surface area contributed by atoms with E-state index in [4.69, 9.17) is 0 Å². The van der Waals surface area contributed by atoms with Gasteiger partial charge in [0.15, 0.2) is 5.82 Å². The lowest BCUT2D eigenvalue weighted by molar-refractivity contribution is 0.102. The third-order valence-electron chi connectivity index (χ3n) is 4.82. The number of benzene rings is 2. The Hall–Kier alpha value is -3.19. The maximum absolute atomic E-state index is 12.9. The lowest BCUT2D eigenvalue weighted by Gasteiger charge is -2.35. The van der Waals surface area contributed by atoms with E-state index in [0.717, 1.165) is 43.1 Å². The van der Waals surface area contributed by atoms with Gasteiger partial charge in [-0.1, -0.05) is 12.1 Å². The molecule has 1 saturated heterocycles. The number of carbonyl (C=O) groups excluding carboxylic acids is 1. The first-order valence-electron chi connectivity index (χ1n) is 9.00. The molecule has 2 heterocycles. The first-order chi connectivity index (χ1) is 13.2. The van der Waals surface area contributed by atoms with Gasteiger partial charge in [-0.3, -0.25) is 9.89 Å². The summed E-state index contributed by atoms with van der Waals surface area (Å²) in [5.41, 5.74) is 3.35. The monoisotopic (exact) mass is 362 g/mol. The molecule has 0 unspecified atom stereocenters. The molecular formula is C20H22N6O. The third kappa shape index (κ3) is 3.83. The molecule has 2 aromatic carbocycles. The van der Waals surface area contributed by atoms with Crippen LogP contribution in [0.25, 0.3) is 11.4 Å². The van der Waals surface area contributed by atoms with E-state index in [-0.39, 0.29) is 5.91 Å². The molecule has 138 valence electrons. The number of hydrogen-bond donors (Lipinski definition) is 2. The van der Waals surface area contributed by atoms with Gasteiger partial charge in [0.2, 0.25) is 0 Å². The van der Waals surface area contributed by atoms with Gasteiger partial charge in [-0.2, -0.15) is 5.10 Å². The lowest BCUT2D eigenvalue weighted by atomic mass is 10.1. The highest BCUT2D eigenvalue weighted by Gasteiger charge is 2.19. The SMILES string of the molecule is CN1CCN(c2ccccc2C(=O)Nc2ccc(-c3ncn[nH]3)cc2)CC1. The second-order valence-electron chi connectivity index (χ2n) is 6.67. The van der Waals surface area contributed by atoms with Gasteiger partial charge in [0.25, 0.3) is 5.91 Å². The van der Waals surface area contributed by atoms with E-state index in [1.165, 1.54) is 6.33 Å². The van der Waals surface area contributed by atoms with Crippen LogP contribution in [0.1, 0.15) is 10.4 Å². The number of amides is 1. The Balaban J connectivity index is 1.50. The van der Waals surface area contributed by atoms with Crippen molar-refractivity contribution in [1.29, 1.82) is 0 Å². The number of anilines is 2. The molecule has 0 bridgehead atoms. The number of aromatic nitrogens is 3. The number of nitrogens with zero attached hydrogens (tertiary/aromatic N) is 4. The smallest absolute Gasteiger partial charge is 0.257 e. The molecule has 1 aromatic heterocycles. The fraction of sp³-hybridized carbons (Fsp3) is 0.250. The van der Waals surface area contributed by atoms with Crippen molar-refractivity contribution in [3.8, 4) is 11.4 Å². The minimum absolute atomic E-state index is 0.100. The summed E-state index contributed by atoms with van der Waals surface area (Å²) in [6.45, 7) is 3.84. The molecule has 1 aliphatic heterocycles. The van der Waals surface area contributed by atoms with E-state index < -0.39 is 0 Å². The Bertz CT molecular complexity index is 898. The highest BCUT2D eigenvalue weighted by molar-refractivity contribution is 6.08. The van der Waals surface area contributed by atoms with Crippen LogP contribution < -0.4 is 10.2 Å². The maximum atomic E-state index is 12.9. The highest BCUT2D eigenvalue weighted by Crippen LogP contribution is 2.24. The number of rotatable bonds is 4. The molecule has 0 saturated carbocycles. The van der Waals surface area contributed by atoms with Crippen molar-refractivity contribution in [1.82, 2.24) is 20.1 Å². The number of para-hydroxylation sites is 1. The van der Waals surface area contributed by atoms with Gasteiger partial charge in [0.1, 0.15) is 6.33 Å². The average molecular weight is 362 g/mol. The largest absolute Gasteiger partial charge is 0.368 e. The molecule has 0 aliphatic carbocycles. The lowest BCUT2D eigenvalue weighted by Crippen LogP contribution is -2.45. The molecule has 7 nitrogen and oxygen atoms in total. The van der Waals surface area contributed by atoms with E-state index in [0.29, 0.717) is 11.4 Å². The van der Waals surface area contributed by atoms with Crippen LogP contribution in [0.2, 0.25) is 0 Å². The molecule has 0 spiro atoms. The first-order valence-corrected chi connectivity index (χ1v) is 9.00. The summed E-state index contributed by atoms with van der Waals surface area (Å²) >= 11 is 0. The Morgan fingerprint density at radius 3 is 2.48 bits per heavy atom. The van der Waals surface area contributed by atoms with Crippen molar-refractivity contribution in [3.63, 3.8) is 0 Å². The van der Waals surface area contributed by atoms with Gasteiger partial charge >= 0.3 is 0 Å². The molecular weight excluding hydrogens is 340 g/mol. The predicted molar refractivity (Wildman–Crippen MR) is 106 cm³/mol. The molecule has 1 amide bonds. The molecule has 0 atom stereocenters. The number of hydrogen-bond acceptors (Lipinski definition) is 5. The topological polar surface area (TPSA) is 77.2 Å². The van der Waals surface area contributed by atoms with Crippen LogP contribution >= 0.6 is 0 Å². The zero-order valence-corrected chi connectivity index (χ0v) is 15.2. The van der Waals surface area contributed by atoms with Crippen LogP contribution in [-0.2, 0) is 0 Å². The number of nitrogens with one attached hydrogen (secondary N) is 2. The van der Waals surface area contributed by atoms with Gasteiger partial charge in [0.05, 0.1) is 5.56 Å². The van der Waals surface area contributed by atoms with Gasteiger partial charge in [-0.25, -0.2) is 4.98 Å². The number of piperazine rings is 1. The fourth-order valence-corrected chi connectivity index (χ4v) is 3.24. The van der Waals surface area contributed by atoms with Crippen molar-refractivity contribution in [2.45, 2.75) is 0 Å². The van der Waals surface area contributed by atoms with Gasteiger partial charge < -0.3 is 15.1 Å². The first kappa shape index (κ1) is 17.2. The van der Waals surface area contributed by atoms with Crippen LogP contribution in [-0.4, -0.2) is 59.2 Å². The van der Waals surface area contributed by atoms with Crippen molar-refractivity contribution < 1.29 is 4.79 Å². The van der Waals surface area contributed by atoms with Crippen molar-refractivity contribution in [2.75, 3.05) is 43.4 Å². The predicted octanol–water partition coefficient (Wildman–Crippen LogP) is 2.48. The van der Waals surface area contributed by atoms with Gasteiger partial charge in [-0.05, 0) is 43.4 Å². The number of H-pyrrole nitrogens is 1. The summed E-state index contributed by atoms with van der Waals surface area (Å²) in [5.74, 6) is 0.602. The molecule has 0 radical (unpaired) electrons. The number of aromatic amines is 1. The van der Waals surface area contributed by atoms with Crippen LogP contribution in [0.15, 0.2) is 54.9 Å². The van der Waals surface area contributed by atoms with E-state index in [1.807, 2.05) is 48.5 Å². The molecule has 3 aromatic rings. The van der Waals surface area contributed by atoms with E-state index in [1.54, 1.807) is 0 Å². The van der Waals surface area contributed by atoms with Crippen molar-refractivity contribution >= 4 is 17.3 Å². The number of likely N-dealkylation sites (N-methyl/N-ethyl adjacent to an activating group) is 1. The van der Waals surface area contributed by atoms with E-state index in [9.17, 15) is 4.79 Å². The third-order valence-corrected chi connectivity index (χ3v) is 4.82. The summed E-state index contributed by atoms with van der Waals surface area (Å²) in [6.07, 6.45) is 1.47. The Morgan fingerprint density at radius 1 is 1.04 bits per heavy atom. The molecule has 7 heteroatoms. The maximum Gasteiger partial charge on any atom is 0.257 e. The van der Waals surface area contributed by atoms with Crippen LogP contribution in [0.3, 0.4) is 0 Å². The van der Waals surface area contributed by atoms with Gasteiger partial charge in [-0.15, -0.1) is 0 Å². The minimum Gasteiger partial charge on any atom is -0.368 e. The summed E-state index contributed by atoms with van der Waals surface area (Å²) in [6, 6.07) is 15.3. The molecule has 2 N–H and O–H groups in total. The van der Waals surface area contributed by atoms with Crippen molar-refractivity contribution in [3.05, 3.63) is 60.4 Å². The standard InChI is InChI=1S/C20H22N6O/c1-25-10-12-26(13-11-25)18-5-3-2-4-17(18)20(27)23-16-8-6-15(7-9-16)19-21-14-22-24-19/h2-9,14H,10-13H2,1H3,(H,23,27)(H,21,22,24). The zero-order valence-electron chi connectivity index (χ0n) is 15.2.